The highest BCUT2D eigenvalue weighted by Gasteiger charge is 2.55. The van der Waals surface area contributed by atoms with E-state index < -0.39 is 11.6 Å². The minimum Gasteiger partial charge on any atom is -0.348 e. The van der Waals surface area contributed by atoms with Crippen LogP contribution in [0.4, 0.5) is 4.79 Å². The van der Waals surface area contributed by atoms with Crippen molar-refractivity contribution in [2.45, 2.75) is 57.0 Å². The summed E-state index contributed by atoms with van der Waals surface area (Å²) in [7, 11) is 0. The Morgan fingerprint density at radius 1 is 1.06 bits per heavy atom. The molecule has 1 heterocycles. The molecule has 2 aromatic carbocycles. The third-order valence-electron chi connectivity index (χ3n) is 6.97. The lowest BCUT2D eigenvalue weighted by atomic mass is 9.89. The lowest BCUT2D eigenvalue weighted by molar-refractivity contribution is -0.135. The number of hydrogen-bond acceptors (Lipinski definition) is 3. The van der Waals surface area contributed by atoms with Gasteiger partial charge in [0.2, 0.25) is 5.91 Å². The van der Waals surface area contributed by atoms with Gasteiger partial charge in [0, 0.05) is 0 Å². The smallest absolute Gasteiger partial charge is 0.325 e. The fraction of sp³-hybridized carbons (Fsp3) is 0.400. The van der Waals surface area contributed by atoms with Crippen LogP contribution in [0.1, 0.15) is 60.0 Å². The van der Waals surface area contributed by atoms with E-state index in [9.17, 15) is 14.4 Å². The number of rotatable bonds is 4. The van der Waals surface area contributed by atoms with Gasteiger partial charge in [-0.15, -0.1) is 0 Å². The van der Waals surface area contributed by atoms with E-state index in [0.717, 1.165) is 40.9 Å². The lowest BCUT2D eigenvalue weighted by Gasteiger charge is -2.23. The van der Waals surface area contributed by atoms with Gasteiger partial charge < -0.3 is 10.6 Å². The minimum atomic E-state index is -1.03. The Bertz CT molecular complexity index is 1080. The van der Waals surface area contributed by atoms with Gasteiger partial charge in [0.1, 0.15) is 12.1 Å². The van der Waals surface area contributed by atoms with Crippen LogP contribution in [0.25, 0.3) is 0 Å². The Kier molecular flexibility index (Phi) is 4.80. The minimum absolute atomic E-state index is 0.193. The van der Waals surface area contributed by atoms with Gasteiger partial charge >= 0.3 is 6.03 Å². The van der Waals surface area contributed by atoms with Gasteiger partial charge in [0.15, 0.2) is 0 Å². The average molecular weight is 418 g/mol. The Hall–Kier alpha value is -3.15. The number of nitrogens with zero attached hydrogens (tertiary/aromatic N) is 1. The van der Waals surface area contributed by atoms with E-state index in [1.54, 1.807) is 0 Å². The largest absolute Gasteiger partial charge is 0.348 e. The second-order valence-electron chi connectivity index (χ2n) is 8.91. The number of fused-ring (bicyclic) bond motifs is 3. The number of amides is 4. The fourth-order valence-corrected chi connectivity index (χ4v) is 5.27. The molecule has 1 aliphatic heterocycles. The molecule has 6 heteroatoms. The van der Waals surface area contributed by atoms with E-state index >= 15 is 0 Å². The number of carbonyl (C=O) groups excluding carboxylic acids is 3. The molecule has 0 aromatic heterocycles. The third-order valence-corrected chi connectivity index (χ3v) is 6.97. The molecule has 5 rings (SSSR count). The maximum atomic E-state index is 13.2. The summed E-state index contributed by atoms with van der Waals surface area (Å²) in [5.74, 6) is -0.670. The molecule has 0 radical (unpaired) electrons. The molecule has 2 atom stereocenters. The summed E-state index contributed by atoms with van der Waals surface area (Å²) in [4.78, 5) is 39.6. The van der Waals surface area contributed by atoms with Gasteiger partial charge in [-0.1, -0.05) is 42.5 Å². The molecule has 1 fully saturated rings. The van der Waals surface area contributed by atoms with Crippen LogP contribution in [-0.2, 0) is 34.4 Å². The molecule has 4 amide bonds. The molecule has 2 N–H and O–H groups in total. The second kappa shape index (κ2) is 7.52. The molecule has 1 saturated heterocycles. The van der Waals surface area contributed by atoms with E-state index in [1.165, 1.54) is 24.0 Å². The zero-order valence-electron chi connectivity index (χ0n) is 17.7. The summed E-state index contributed by atoms with van der Waals surface area (Å²) >= 11 is 0. The molecule has 1 spiro atoms. The predicted octanol–water partition coefficient (Wildman–Crippen LogP) is 3.14. The first kappa shape index (κ1) is 19.8. The van der Waals surface area contributed by atoms with E-state index in [2.05, 4.69) is 28.8 Å². The van der Waals surface area contributed by atoms with E-state index in [-0.39, 0.29) is 24.4 Å². The Morgan fingerprint density at radius 3 is 2.68 bits per heavy atom. The van der Waals surface area contributed by atoms with Crippen molar-refractivity contribution in [3.05, 3.63) is 70.3 Å². The van der Waals surface area contributed by atoms with Crippen molar-refractivity contribution in [3.8, 4) is 0 Å². The number of carbonyl (C=O) groups is 3. The van der Waals surface area contributed by atoms with Crippen molar-refractivity contribution < 1.29 is 14.4 Å². The summed E-state index contributed by atoms with van der Waals surface area (Å²) < 4.78 is 0. The molecule has 0 unspecified atom stereocenters. The molecule has 0 bridgehead atoms. The van der Waals surface area contributed by atoms with Crippen molar-refractivity contribution in [2.75, 3.05) is 6.54 Å². The van der Waals surface area contributed by atoms with Gasteiger partial charge in [-0.25, -0.2) is 4.79 Å². The highest BCUT2D eigenvalue weighted by Crippen LogP contribution is 2.41. The summed E-state index contributed by atoms with van der Waals surface area (Å²) in [5, 5.41) is 5.82. The van der Waals surface area contributed by atoms with Gasteiger partial charge in [0.05, 0.1) is 6.04 Å². The molecular weight excluding hydrogens is 390 g/mol. The quantitative estimate of drug-likeness (QED) is 0.751. The molecule has 160 valence electrons. The highest BCUT2D eigenvalue weighted by molar-refractivity contribution is 6.09. The first-order valence-electron chi connectivity index (χ1n) is 11.1. The second-order valence-corrected chi connectivity index (χ2v) is 8.91. The average Bonchev–Trinajstić information content (AvgIpc) is 3.26. The Labute approximate surface area is 182 Å². The molecule has 2 aliphatic carbocycles. The molecule has 3 aliphatic rings. The number of nitrogens with one attached hydrogen (secondary N) is 2. The normalized spacial score (nSPS) is 22.8. The number of urea groups is 1. The maximum Gasteiger partial charge on any atom is 0.325 e. The van der Waals surface area contributed by atoms with Crippen LogP contribution in [0.15, 0.2) is 42.5 Å². The molecule has 2 aromatic rings. The van der Waals surface area contributed by atoms with Crippen LogP contribution in [-0.4, -0.2) is 29.3 Å². The zero-order chi connectivity index (χ0) is 21.6. The summed E-state index contributed by atoms with van der Waals surface area (Å²) in [5.41, 5.74) is 4.70. The van der Waals surface area contributed by atoms with Crippen LogP contribution >= 0.6 is 0 Å². The van der Waals surface area contributed by atoms with Crippen LogP contribution < -0.4 is 10.6 Å². The summed E-state index contributed by atoms with van der Waals surface area (Å²) in [6.45, 7) is 1.66. The van der Waals surface area contributed by atoms with Gasteiger partial charge in [-0.05, 0) is 73.3 Å². The SMILES string of the molecule is C[C@H](NC(=O)CN1C(=O)N[C@@]2(CCc3ccccc32)C1=O)c1ccc2c(c1)CCCC2. The van der Waals surface area contributed by atoms with Crippen molar-refractivity contribution in [1.29, 1.82) is 0 Å². The first-order valence-corrected chi connectivity index (χ1v) is 11.1. The molecule has 31 heavy (non-hydrogen) atoms. The van der Waals surface area contributed by atoms with Gasteiger partial charge in [-0.3, -0.25) is 14.5 Å². The standard InChI is InChI=1S/C25H27N3O3/c1-16(19-11-10-17-6-2-3-8-20(17)14-19)26-22(29)15-28-23(30)25(27-24(28)31)13-12-18-7-4-5-9-21(18)25/h4-5,7,9-11,14,16H,2-3,6,8,12-13,15H2,1H3,(H,26,29)(H,27,31)/t16-,25+/m0/s1. The Balaban J connectivity index is 1.28. The molecule has 6 nitrogen and oxygen atoms in total. The lowest BCUT2D eigenvalue weighted by Crippen LogP contribution is -2.44. The van der Waals surface area contributed by atoms with E-state index in [1.807, 2.05) is 31.2 Å². The predicted molar refractivity (Wildman–Crippen MR) is 116 cm³/mol. The monoisotopic (exact) mass is 417 g/mol. The van der Waals surface area contributed by atoms with Crippen LogP contribution in [0.5, 0.6) is 0 Å². The van der Waals surface area contributed by atoms with Crippen molar-refractivity contribution in [1.82, 2.24) is 15.5 Å². The number of imide groups is 1. The number of aryl methyl sites for hydroxylation is 3. The van der Waals surface area contributed by atoms with Crippen molar-refractivity contribution in [3.63, 3.8) is 0 Å². The number of benzene rings is 2. The molecule has 0 saturated carbocycles. The van der Waals surface area contributed by atoms with Crippen molar-refractivity contribution >= 4 is 17.8 Å². The Morgan fingerprint density at radius 2 is 1.84 bits per heavy atom. The summed E-state index contributed by atoms with van der Waals surface area (Å²) in [6.07, 6.45) is 5.90. The molecular formula is C25H27N3O3. The third kappa shape index (κ3) is 3.30. The van der Waals surface area contributed by atoms with Gasteiger partial charge in [-0.2, -0.15) is 0 Å². The van der Waals surface area contributed by atoms with Crippen LogP contribution in [0.3, 0.4) is 0 Å². The topological polar surface area (TPSA) is 78.5 Å². The van der Waals surface area contributed by atoms with E-state index in [0.29, 0.717) is 6.42 Å². The van der Waals surface area contributed by atoms with Crippen LogP contribution in [0, 0.1) is 0 Å². The fourth-order valence-electron chi connectivity index (χ4n) is 5.27. The summed E-state index contributed by atoms with van der Waals surface area (Å²) in [6, 6.07) is 13.4. The highest BCUT2D eigenvalue weighted by atomic mass is 16.2. The zero-order valence-corrected chi connectivity index (χ0v) is 17.7. The first-order chi connectivity index (χ1) is 15.0. The maximum absolute atomic E-state index is 13.2. The van der Waals surface area contributed by atoms with Crippen molar-refractivity contribution in [2.24, 2.45) is 0 Å². The number of hydrogen-bond donors (Lipinski definition) is 2. The van der Waals surface area contributed by atoms with Crippen LogP contribution in [0.2, 0.25) is 0 Å². The van der Waals surface area contributed by atoms with Gasteiger partial charge in [0.25, 0.3) is 5.91 Å². The van der Waals surface area contributed by atoms with E-state index in [4.69, 9.17) is 0 Å².